The second-order valence-electron chi connectivity index (χ2n) is 8.07. The van der Waals surface area contributed by atoms with Gasteiger partial charge < -0.3 is 9.88 Å². The smallest absolute Gasteiger partial charge is 0.257 e. The summed E-state index contributed by atoms with van der Waals surface area (Å²) in [5, 5.41) is 3.50. The van der Waals surface area contributed by atoms with Crippen molar-refractivity contribution in [1.29, 1.82) is 0 Å². The second-order valence-corrected chi connectivity index (χ2v) is 9.58. The van der Waals surface area contributed by atoms with Crippen LogP contribution < -0.4 is 5.32 Å². The number of rotatable bonds is 8. The summed E-state index contributed by atoms with van der Waals surface area (Å²) in [6.45, 7) is 4.63. The molecule has 3 aromatic carbocycles. The van der Waals surface area contributed by atoms with Crippen molar-refractivity contribution in [2.75, 3.05) is 11.1 Å². The normalized spacial score (nSPS) is 10.9. The third-order valence-corrected chi connectivity index (χ3v) is 7.16. The van der Waals surface area contributed by atoms with Crippen molar-refractivity contribution in [2.24, 2.45) is 0 Å². The fourth-order valence-electron chi connectivity index (χ4n) is 3.91. The molecule has 0 saturated heterocycles. The summed E-state index contributed by atoms with van der Waals surface area (Å²) >= 11 is 7.79. The summed E-state index contributed by atoms with van der Waals surface area (Å²) in [5.74, 6) is 0.831. The molecule has 0 saturated carbocycles. The maximum Gasteiger partial charge on any atom is 0.257 e. The zero-order chi connectivity index (χ0) is 24.1. The molecule has 4 aromatic rings. The van der Waals surface area contributed by atoms with E-state index in [0.717, 1.165) is 34.0 Å². The van der Waals surface area contributed by atoms with Crippen LogP contribution >= 0.6 is 23.4 Å². The van der Waals surface area contributed by atoms with Crippen LogP contribution in [0.2, 0.25) is 5.02 Å². The lowest BCUT2D eigenvalue weighted by Gasteiger charge is -2.13. The minimum atomic E-state index is -0.280. The molecule has 1 N–H and O–H groups in total. The van der Waals surface area contributed by atoms with Crippen molar-refractivity contribution in [1.82, 2.24) is 4.57 Å². The van der Waals surface area contributed by atoms with E-state index in [4.69, 9.17) is 11.6 Å². The van der Waals surface area contributed by atoms with Gasteiger partial charge in [0.1, 0.15) is 5.82 Å². The Balaban J connectivity index is 1.56. The van der Waals surface area contributed by atoms with E-state index >= 15 is 0 Å². The van der Waals surface area contributed by atoms with Gasteiger partial charge in [-0.05, 0) is 49.2 Å². The van der Waals surface area contributed by atoms with Crippen LogP contribution in [-0.2, 0) is 12.3 Å². The van der Waals surface area contributed by atoms with Gasteiger partial charge in [0, 0.05) is 45.7 Å². The fourth-order valence-corrected chi connectivity index (χ4v) is 5.18. The number of aryl methyl sites for hydroxylation is 1. The molecule has 0 radical (unpaired) electrons. The number of nitrogens with one attached hydrogen (secondary N) is 1. The first kappa shape index (κ1) is 24.1. The highest BCUT2D eigenvalue weighted by Crippen LogP contribution is 2.29. The minimum absolute atomic E-state index is 0.131. The average molecular weight is 493 g/mol. The van der Waals surface area contributed by atoms with E-state index in [1.807, 2.05) is 74.5 Å². The molecular weight excluding hydrogens is 467 g/mol. The zero-order valence-corrected chi connectivity index (χ0v) is 20.7. The van der Waals surface area contributed by atoms with E-state index in [1.54, 1.807) is 23.9 Å². The summed E-state index contributed by atoms with van der Waals surface area (Å²) in [6, 6.07) is 24.5. The number of aromatic nitrogens is 1. The largest absolute Gasteiger partial charge is 0.343 e. The third kappa shape index (κ3) is 5.37. The van der Waals surface area contributed by atoms with Crippen molar-refractivity contribution in [3.05, 3.63) is 112 Å². The number of para-hydroxylation sites is 1. The van der Waals surface area contributed by atoms with Crippen LogP contribution in [0.25, 0.3) is 11.3 Å². The zero-order valence-electron chi connectivity index (χ0n) is 19.1. The highest BCUT2D eigenvalue weighted by molar-refractivity contribution is 7.98. The molecule has 0 aliphatic rings. The van der Waals surface area contributed by atoms with Crippen LogP contribution in [-0.4, -0.2) is 16.2 Å². The van der Waals surface area contributed by atoms with Gasteiger partial charge in [0.25, 0.3) is 5.91 Å². The van der Waals surface area contributed by atoms with Crippen molar-refractivity contribution < 1.29 is 9.18 Å². The highest BCUT2D eigenvalue weighted by Gasteiger charge is 2.19. The summed E-state index contributed by atoms with van der Waals surface area (Å²) in [5.41, 5.74) is 5.91. The molecule has 1 aromatic heterocycles. The third-order valence-electron chi connectivity index (χ3n) is 5.84. The molecule has 6 heteroatoms. The minimum Gasteiger partial charge on any atom is -0.343 e. The Bertz CT molecular complexity index is 1280. The van der Waals surface area contributed by atoms with E-state index in [1.165, 1.54) is 6.07 Å². The molecule has 0 spiro atoms. The molecule has 0 aliphatic carbocycles. The van der Waals surface area contributed by atoms with Gasteiger partial charge in [-0.15, -0.1) is 0 Å². The lowest BCUT2D eigenvalue weighted by atomic mass is 10.1. The van der Waals surface area contributed by atoms with Crippen LogP contribution in [0.4, 0.5) is 10.1 Å². The van der Waals surface area contributed by atoms with Crippen LogP contribution in [0, 0.1) is 19.7 Å². The van der Waals surface area contributed by atoms with Gasteiger partial charge in [-0.25, -0.2) is 4.39 Å². The van der Waals surface area contributed by atoms with Gasteiger partial charge in [0.05, 0.1) is 5.56 Å². The monoisotopic (exact) mass is 492 g/mol. The fraction of sp³-hybridized carbons (Fsp3) is 0.179. The van der Waals surface area contributed by atoms with Gasteiger partial charge in [-0.1, -0.05) is 66.2 Å². The number of nitrogens with zero attached hydrogens (tertiary/aromatic N) is 1. The first-order chi connectivity index (χ1) is 16.5. The van der Waals surface area contributed by atoms with Gasteiger partial charge in [0.15, 0.2) is 0 Å². The number of hydrogen-bond donors (Lipinski definition) is 1. The summed E-state index contributed by atoms with van der Waals surface area (Å²) in [6.07, 6.45) is 0. The first-order valence-electron chi connectivity index (χ1n) is 11.1. The Morgan fingerprint density at radius 1 is 1.00 bits per heavy atom. The Morgan fingerprint density at radius 3 is 2.47 bits per heavy atom. The van der Waals surface area contributed by atoms with Crippen LogP contribution in [0.5, 0.6) is 0 Å². The number of carbonyl (C=O) groups excluding carboxylic acids is 1. The molecule has 0 aliphatic heterocycles. The van der Waals surface area contributed by atoms with Crippen molar-refractivity contribution in [3.63, 3.8) is 0 Å². The summed E-state index contributed by atoms with van der Waals surface area (Å²) in [7, 11) is 0. The first-order valence-corrected chi connectivity index (χ1v) is 12.6. The second kappa shape index (κ2) is 10.9. The molecule has 1 amide bonds. The molecule has 174 valence electrons. The lowest BCUT2D eigenvalue weighted by Crippen LogP contribution is -2.14. The number of amides is 1. The van der Waals surface area contributed by atoms with Crippen molar-refractivity contribution in [3.8, 4) is 11.3 Å². The molecule has 3 nitrogen and oxygen atoms in total. The number of benzene rings is 3. The van der Waals surface area contributed by atoms with Crippen LogP contribution in [0.1, 0.15) is 27.2 Å². The van der Waals surface area contributed by atoms with E-state index in [9.17, 15) is 9.18 Å². The number of hydrogen-bond acceptors (Lipinski definition) is 2. The SMILES string of the molecule is Cc1ccccc1NC(=O)c1cc(-c2ccccc2)n(CCSCc2c(F)cccc2Cl)c1C. The van der Waals surface area contributed by atoms with Gasteiger partial charge in [-0.3, -0.25) is 4.79 Å². The quantitative estimate of drug-likeness (QED) is 0.255. The maximum absolute atomic E-state index is 14.1. The van der Waals surface area contributed by atoms with E-state index in [2.05, 4.69) is 9.88 Å². The number of anilines is 1. The molecule has 4 rings (SSSR count). The van der Waals surface area contributed by atoms with Crippen molar-refractivity contribution >= 4 is 35.0 Å². The molecule has 0 atom stereocenters. The Hall–Kier alpha value is -3.02. The molecular formula is C28H26ClFN2OS. The molecule has 1 heterocycles. The summed E-state index contributed by atoms with van der Waals surface area (Å²) < 4.78 is 16.3. The molecule has 0 unspecified atom stereocenters. The number of thioether (sulfide) groups is 1. The van der Waals surface area contributed by atoms with Crippen LogP contribution in [0.15, 0.2) is 78.9 Å². The van der Waals surface area contributed by atoms with Crippen molar-refractivity contribution in [2.45, 2.75) is 26.1 Å². The Morgan fingerprint density at radius 2 is 1.74 bits per heavy atom. The molecule has 0 bridgehead atoms. The van der Waals surface area contributed by atoms with Gasteiger partial charge in [-0.2, -0.15) is 11.8 Å². The highest BCUT2D eigenvalue weighted by atomic mass is 35.5. The van der Waals surface area contributed by atoms with E-state index in [-0.39, 0.29) is 11.7 Å². The topological polar surface area (TPSA) is 34.0 Å². The Kier molecular flexibility index (Phi) is 7.76. The summed E-state index contributed by atoms with van der Waals surface area (Å²) in [4.78, 5) is 13.2. The predicted octanol–water partition coefficient (Wildman–Crippen LogP) is 7.75. The Labute approximate surface area is 209 Å². The predicted molar refractivity (Wildman–Crippen MR) is 141 cm³/mol. The van der Waals surface area contributed by atoms with E-state index < -0.39 is 0 Å². The standard InChI is InChI=1S/C28H26ClFN2OS/c1-19-9-6-7-14-26(19)31-28(33)22-17-27(21-10-4-3-5-11-21)32(20(22)2)15-16-34-18-23-24(29)12-8-13-25(23)30/h3-14,17H,15-16,18H2,1-2H3,(H,31,33). The average Bonchev–Trinajstić information content (AvgIpc) is 3.16. The van der Waals surface area contributed by atoms with Gasteiger partial charge in [0.2, 0.25) is 0 Å². The maximum atomic E-state index is 14.1. The van der Waals surface area contributed by atoms with Crippen LogP contribution in [0.3, 0.4) is 0 Å². The number of halogens is 2. The number of carbonyl (C=O) groups is 1. The van der Waals surface area contributed by atoms with Gasteiger partial charge >= 0.3 is 0 Å². The molecule has 34 heavy (non-hydrogen) atoms. The van der Waals surface area contributed by atoms with E-state index in [0.29, 0.717) is 28.4 Å². The molecule has 0 fully saturated rings. The lowest BCUT2D eigenvalue weighted by molar-refractivity contribution is 0.102.